The third kappa shape index (κ3) is 1.92. The van der Waals surface area contributed by atoms with Gasteiger partial charge in [0.05, 0.1) is 10.0 Å². The number of nitriles is 1. The first kappa shape index (κ1) is 11.0. The molecule has 16 heavy (non-hydrogen) atoms. The Balaban J connectivity index is 2.35. The Kier molecular flexibility index (Phi) is 2.90. The predicted octanol–water partition coefficient (Wildman–Crippen LogP) is 0.780. The van der Waals surface area contributed by atoms with E-state index in [0.29, 0.717) is 28.8 Å². The maximum absolute atomic E-state index is 11.6. The Morgan fingerprint density at radius 3 is 2.94 bits per heavy atom. The normalized spacial score (nSPS) is 19.9. The lowest BCUT2D eigenvalue weighted by molar-refractivity contribution is -0.117. The Morgan fingerprint density at radius 1 is 1.69 bits per heavy atom. The van der Waals surface area contributed by atoms with E-state index in [1.165, 1.54) is 11.1 Å². The van der Waals surface area contributed by atoms with Gasteiger partial charge in [-0.25, -0.2) is 4.98 Å². The molecule has 82 valence electrons. The first-order chi connectivity index (χ1) is 7.61. The highest BCUT2D eigenvalue weighted by molar-refractivity contribution is 9.10. The van der Waals surface area contributed by atoms with Gasteiger partial charge in [0.1, 0.15) is 11.9 Å². The van der Waals surface area contributed by atoms with Gasteiger partial charge in [-0.2, -0.15) is 5.26 Å². The zero-order valence-corrected chi connectivity index (χ0v) is 9.94. The summed E-state index contributed by atoms with van der Waals surface area (Å²) in [6.07, 6.45) is 1.78. The molecule has 1 fully saturated rings. The summed E-state index contributed by atoms with van der Waals surface area (Å²) >= 11 is 3.30. The second kappa shape index (κ2) is 4.20. The van der Waals surface area contributed by atoms with Crippen LogP contribution in [-0.4, -0.2) is 23.5 Å². The van der Waals surface area contributed by atoms with Crippen LogP contribution >= 0.6 is 15.9 Å². The fraction of sp³-hybridized carbons (Fsp3) is 0.300. The van der Waals surface area contributed by atoms with E-state index in [-0.39, 0.29) is 11.9 Å². The van der Waals surface area contributed by atoms with Crippen LogP contribution < -0.4 is 10.6 Å². The van der Waals surface area contributed by atoms with E-state index in [4.69, 9.17) is 11.0 Å². The van der Waals surface area contributed by atoms with Crippen LogP contribution in [0, 0.1) is 11.3 Å². The third-order valence-corrected chi connectivity index (χ3v) is 2.95. The van der Waals surface area contributed by atoms with Gasteiger partial charge in [-0.1, -0.05) is 0 Å². The molecule has 0 aliphatic carbocycles. The number of aromatic nitrogens is 1. The standard InChI is InChI=1S/C10H9BrN4O/c11-8-1-6(3-12)4-14-10(8)15-5-7(13)2-9(15)16/h1,4,7H,2,5,13H2. The molecule has 2 N–H and O–H groups in total. The van der Waals surface area contributed by atoms with Crippen LogP contribution in [0.1, 0.15) is 12.0 Å². The molecule has 1 saturated heterocycles. The van der Waals surface area contributed by atoms with Gasteiger partial charge in [0.2, 0.25) is 5.91 Å². The Labute approximate surface area is 101 Å². The lowest BCUT2D eigenvalue weighted by atomic mass is 10.3. The second-order valence-electron chi connectivity index (χ2n) is 3.61. The molecule has 0 spiro atoms. The third-order valence-electron chi connectivity index (χ3n) is 2.36. The van der Waals surface area contributed by atoms with Crippen molar-refractivity contribution in [1.29, 1.82) is 5.26 Å². The number of nitrogens with zero attached hydrogens (tertiary/aromatic N) is 3. The zero-order chi connectivity index (χ0) is 11.7. The van der Waals surface area contributed by atoms with Crippen molar-refractivity contribution in [3.63, 3.8) is 0 Å². The first-order valence-corrected chi connectivity index (χ1v) is 5.52. The summed E-state index contributed by atoms with van der Waals surface area (Å²) in [6.45, 7) is 0.469. The van der Waals surface area contributed by atoms with E-state index < -0.39 is 0 Å². The molecule has 1 atom stereocenters. The number of amides is 1. The molecule has 1 aromatic heterocycles. The van der Waals surface area contributed by atoms with Crippen molar-refractivity contribution in [2.24, 2.45) is 5.73 Å². The fourth-order valence-corrected chi connectivity index (χ4v) is 2.19. The molecule has 5 nitrogen and oxygen atoms in total. The average molecular weight is 281 g/mol. The Morgan fingerprint density at radius 2 is 2.44 bits per heavy atom. The molecule has 6 heteroatoms. The number of halogens is 1. The van der Waals surface area contributed by atoms with Crippen LogP contribution in [0.4, 0.5) is 5.82 Å². The Hall–Kier alpha value is -1.45. The number of pyridine rings is 1. The van der Waals surface area contributed by atoms with E-state index in [1.807, 2.05) is 6.07 Å². The van der Waals surface area contributed by atoms with Crippen LogP contribution in [0.3, 0.4) is 0 Å². The smallest absolute Gasteiger partial charge is 0.229 e. The van der Waals surface area contributed by atoms with Gasteiger partial charge in [-0.15, -0.1) is 0 Å². The largest absolute Gasteiger partial charge is 0.326 e. The van der Waals surface area contributed by atoms with Crippen molar-refractivity contribution >= 4 is 27.7 Å². The summed E-state index contributed by atoms with van der Waals surface area (Å²) in [7, 11) is 0. The molecular weight excluding hydrogens is 272 g/mol. The lowest BCUT2D eigenvalue weighted by Crippen LogP contribution is -2.29. The van der Waals surface area contributed by atoms with Crippen LogP contribution in [0.2, 0.25) is 0 Å². The number of carbonyl (C=O) groups excluding carboxylic acids is 1. The SMILES string of the molecule is N#Cc1cnc(N2CC(N)CC2=O)c(Br)c1. The molecule has 1 aromatic rings. The summed E-state index contributed by atoms with van der Waals surface area (Å²) in [6, 6.07) is 3.48. The number of hydrogen-bond donors (Lipinski definition) is 1. The van der Waals surface area contributed by atoms with Crippen molar-refractivity contribution in [2.45, 2.75) is 12.5 Å². The number of rotatable bonds is 1. The molecule has 0 radical (unpaired) electrons. The monoisotopic (exact) mass is 280 g/mol. The maximum atomic E-state index is 11.6. The molecular formula is C10H9BrN4O. The van der Waals surface area contributed by atoms with Crippen LogP contribution in [0.5, 0.6) is 0 Å². The molecule has 0 saturated carbocycles. The molecule has 1 aliphatic heterocycles. The quantitative estimate of drug-likeness (QED) is 0.824. The molecule has 1 aliphatic rings. The summed E-state index contributed by atoms with van der Waals surface area (Å²) in [5.41, 5.74) is 6.15. The van der Waals surface area contributed by atoms with E-state index in [1.54, 1.807) is 6.07 Å². The molecule has 0 bridgehead atoms. The zero-order valence-electron chi connectivity index (χ0n) is 8.35. The maximum Gasteiger partial charge on any atom is 0.229 e. The van der Waals surface area contributed by atoms with Crippen molar-refractivity contribution in [1.82, 2.24) is 4.98 Å². The lowest BCUT2D eigenvalue weighted by Gasteiger charge is -2.16. The molecule has 2 heterocycles. The summed E-state index contributed by atoms with van der Waals surface area (Å²) in [5, 5.41) is 8.70. The van der Waals surface area contributed by atoms with Gasteiger partial charge in [-0.05, 0) is 22.0 Å². The van der Waals surface area contributed by atoms with Gasteiger partial charge in [0.25, 0.3) is 0 Å². The van der Waals surface area contributed by atoms with Gasteiger partial charge < -0.3 is 5.73 Å². The molecule has 1 unspecified atom stereocenters. The minimum Gasteiger partial charge on any atom is -0.326 e. The van der Waals surface area contributed by atoms with Gasteiger partial charge in [0.15, 0.2) is 0 Å². The fourth-order valence-electron chi connectivity index (χ4n) is 1.63. The summed E-state index contributed by atoms with van der Waals surface area (Å²) < 4.78 is 0.633. The van der Waals surface area contributed by atoms with Crippen LogP contribution in [0.15, 0.2) is 16.7 Å². The van der Waals surface area contributed by atoms with Crippen molar-refractivity contribution in [3.05, 3.63) is 22.3 Å². The van der Waals surface area contributed by atoms with Crippen molar-refractivity contribution < 1.29 is 4.79 Å². The molecule has 0 aromatic carbocycles. The van der Waals surface area contributed by atoms with Gasteiger partial charge in [0, 0.05) is 25.2 Å². The minimum atomic E-state index is -0.142. The highest BCUT2D eigenvalue weighted by atomic mass is 79.9. The number of anilines is 1. The number of carbonyl (C=O) groups is 1. The van der Waals surface area contributed by atoms with E-state index >= 15 is 0 Å². The number of nitrogens with two attached hydrogens (primary N) is 1. The number of hydrogen-bond acceptors (Lipinski definition) is 4. The van der Waals surface area contributed by atoms with Crippen LogP contribution in [-0.2, 0) is 4.79 Å². The van der Waals surface area contributed by atoms with Crippen LogP contribution in [0.25, 0.3) is 0 Å². The molecule has 1 amide bonds. The topological polar surface area (TPSA) is 83.0 Å². The summed E-state index contributed by atoms with van der Waals surface area (Å²) in [4.78, 5) is 17.2. The van der Waals surface area contributed by atoms with Gasteiger partial charge in [-0.3, -0.25) is 9.69 Å². The second-order valence-corrected chi connectivity index (χ2v) is 4.46. The highest BCUT2D eigenvalue weighted by Gasteiger charge is 2.30. The predicted molar refractivity (Wildman–Crippen MR) is 61.6 cm³/mol. The Bertz CT molecular complexity index is 482. The van der Waals surface area contributed by atoms with Crippen molar-refractivity contribution in [3.8, 4) is 6.07 Å². The van der Waals surface area contributed by atoms with E-state index in [0.717, 1.165) is 0 Å². The first-order valence-electron chi connectivity index (χ1n) is 4.73. The van der Waals surface area contributed by atoms with E-state index in [2.05, 4.69) is 20.9 Å². The van der Waals surface area contributed by atoms with Crippen molar-refractivity contribution in [2.75, 3.05) is 11.4 Å². The van der Waals surface area contributed by atoms with E-state index in [9.17, 15) is 4.79 Å². The van der Waals surface area contributed by atoms with Gasteiger partial charge >= 0.3 is 0 Å². The average Bonchev–Trinajstić information content (AvgIpc) is 2.57. The highest BCUT2D eigenvalue weighted by Crippen LogP contribution is 2.27. The minimum absolute atomic E-state index is 0.0367. The molecule has 2 rings (SSSR count). The summed E-state index contributed by atoms with van der Waals surface area (Å²) in [5.74, 6) is 0.488.